The monoisotopic (exact) mass is 227 g/mol. The normalized spacial score (nSPS) is 21.6. The van der Waals surface area contributed by atoms with Gasteiger partial charge in [0.25, 0.3) is 0 Å². The summed E-state index contributed by atoms with van der Waals surface area (Å²) in [5.41, 5.74) is 0. The molecule has 0 aliphatic carbocycles. The summed E-state index contributed by atoms with van der Waals surface area (Å²) in [4.78, 5) is 13.7. The quantitative estimate of drug-likeness (QED) is 0.674. The highest BCUT2D eigenvalue weighted by molar-refractivity contribution is 5.76. The van der Waals surface area contributed by atoms with Crippen molar-refractivity contribution in [3.8, 4) is 0 Å². The van der Waals surface area contributed by atoms with Gasteiger partial charge in [-0.15, -0.1) is 0 Å². The van der Waals surface area contributed by atoms with Crippen molar-refractivity contribution in [1.82, 2.24) is 4.90 Å². The Hall–Kier alpha value is -0.570. The highest BCUT2D eigenvalue weighted by atomic mass is 16.5. The lowest BCUT2D eigenvalue weighted by atomic mass is 9.84. The van der Waals surface area contributed by atoms with E-state index >= 15 is 0 Å². The van der Waals surface area contributed by atoms with Gasteiger partial charge in [0.05, 0.1) is 7.11 Å². The van der Waals surface area contributed by atoms with Gasteiger partial charge in [0.15, 0.2) is 0 Å². The van der Waals surface area contributed by atoms with Crippen LogP contribution in [-0.4, -0.2) is 37.1 Å². The number of hydrogen-bond donors (Lipinski definition) is 0. The molecule has 1 saturated heterocycles. The van der Waals surface area contributed by atoms with Crippen LogP contribution in [0.2, 0.25) is 0 Å². The zero-order valence-corrected chi connectivity index (χ0v) is 11.2. The Morgan fingerprint density at radius 3 is 2.19 bits per heavy atom. The summed E-state index contributed by atoms with van der Waals surface area (Å²) in [5, 5.41) is 0. The molecule has 3 nitrogen and oxygen atoms in total. The number of methoxy groups -OCH3 is 1. The fourth-order valence-corrected chi connectivity index (χ4v) is 2.52. The predicted molar refractivity (Wildman–Crippen MR) is 65.2 cm³/mol. The van der Waals surface area contributed by atoms with Crippen LogP contribution < -0.4 is 0 Å². The Balaban J connectivity index is 2.50. The van der Waals surface area contributed by atoms with Crippen molar-refractivity contribution < 1.29 is 9.53 Å². The Kier molecular flexibility index (Phi) is 4.78. The highest BCUT2D eigenvalue weighted by Gasteiger charge is 2.36. The van der Waals surface area contributed by atoms with Crippen molar-refractivity contribution >= 4 is 5.97 Å². The molecule has 1 aliphatic rings. The number of carbonyl (C=O) groups excluding carboxylic acids is 1. The molecule has 0 saturated carbocycles. The number of carbonyl (C=O) groups is 1. The molecule has 0 amide bonds. The largest absolute Gasteiger partial charge is 0.468 e. The van der Waals surface area contributed by atoms with Gasteiger partial charge in [0.2, 0.25) is 0 Å². The van der Waals surface area contributed by atoms with Gasteiger partial charge in [-0.25, -0.2) is 0 Å². The Labute approximate surface area is 99.1 Å². The minimum atomic E-state index is -0.0717. The van der Waals surface area contributed by atoms with Gasteiger partial charge in [0.1, 0.15) is 6.04 Å². The van der Waals surface area contributed by atoms with Gasteiger partial charge in [-0.3, -0.25) is 9.69 Å². The van der Waals surface area contributed by atoms with E-state index in [-0.39, 0.29) is 12.0 Å². The molecule has 0 N–H and O–H groups in total. The third-order valence-electron chi connectivity index (χ3n) is 3.76. The molecule has 0 aromatic heterocycles. The third kappa shape index (κ3) is 2.97. The van der Waals surface area contributed by atoms with Gasteiger partial charge < -0.3 is 4.74 Å². The van der Waals surface area contributed by atoms with Crippen molar-refractivity contribution in [1.29, 1.82) is 0 Å². The number of ether oxygens (including phenoxy) is 1. The van der Waals surface area contributed by atoms with Crippen LogP contribution in [0.25, 0.3) is 0 Å². The number of likely N-dealkylation sites (tertiary alicyclic amines) is 1. The van der Waals surface area contributed by atoms with E-state index in [1.807, 2.05) is 0 Å². The van der Waals surface area contributed by atoms with Crippen LogP contribution in [0.1, 0.15) is 34.1 Å². The molecule has 0 aromatic rings. The summed E-state index contributed by atoms with van der Waals surface area (Å²) in [6.07, 6.45) is 0.954. The smallest absolute Gasteiger partial charge is 0.323 e. The molecule has 1 fully saturated rings. The first-order chi connectivity index (χ1) is 7.47. The molecule has 3 heteroatoms. The molecule has 0 radical (unpaired) electrons. The lowest BCUT2D eigenvalue weighted by Gasteiger charge is -2.42. The van der Waals surface area contributed by atoms with Gasteiger partial charge in [-0.05, 0) is 24.2 Å². The van der Waals surface area contributed by atoms with E-state index in [0.717, 1.165) is 19.5 Å². The summed E-state index contributed by atoms with van der Waals surface area (Å²) in [7, 11) is 1.47. The van der Waals surface area contributed by atoms with Crippen LogP contribution in [0.5, 0.6) is 0 Å². The van der Waals surface area contributed by atoms with Gasteiger partial charge in [-0.1, -0.05) is 27.7 Å². The Morgan fingerprint density at radius 2 is 1.88 bits per heavy atom. The number of nitrogens with zero attached hydrogens (tertiary/aromatic N) is 1. The lowest BCUT2D eigenvalue weighted by Crippen LogP contribution is -2.55. The Bertz CT molecular complexity index is 230. The van der Waals surface area contributed by atoms with Crippen molar-refractivity contribution in [3.05, 3.63) is 0 Å². The first-order valence-corrected chi connectivity index (χ1v) is 6.29. The van der Waals surface area contributed by atoms with Crippen LogP contribution in [0.4, 0.5) is 0 Å². The predicted octanol–water partition coefficient (Wildman–Crippen LogP) is 2.16. The minimum absolute atomic E-state index is 0.0185. The van der Waals surface area contributed by atoms with Crippen LogP contribution in [0.15, 0.2) is 0 Å². The van der Waals surface area contributed by atoms with Crippen LogP contribution in [0.3, 0.4) is 0 Å². The zero-order valence-electron chi connectivity index (χ0n) is 11.2. The van der Waals surface area contributed by atoms with Gasteiger partial charge >= 0.3 is 5.97 Å². The van der Waals surface area contributed by atoms with E-state index in [2.05, 4.69) is 32.6 Å². The second kappa shape index (κ2) is 5.67. The molecule has 1 heterocycles. The van der Waals surface area contributed by atoms with Crippen molar-refractivity contribution in [2.75, 3.05) is 20.2 Å². The summed E-state index contributed by atoms with van der Waals surface area (Å²) in [5.74, 6) is 1.92. The summed E-state index contributed by atoms with van der Waals surface area (Å²) < 4.78 is 4.81. The van der Waals surface area contributed by atoms with Gasteiger partial charge in [0, 0.05) is 13.1 Å². The SMILES string of the molecule is COC(=O)C1CCN1CC(C(C)C)C(C)C. The number of hydrogen-bond acceptors (Lipinski definition) is 3. The first-order valence-electron chi connectivity index (χ1n) is 6.29. The summed E-state index contributed by atoms with van der Waals surface area (Å²) in [6.45, 7) is 11.1. The standard InChI is InChI=1S/C13H25NO2/c1-9(2)11(10(3)4)8-14-7-6-12(14)13(15)16-5/h9-12H,6-8H2,1-5H3. The van der Waals surface area contributed by atoms with E-state index in [0.29, 0.717) is 17.8 Å². The van der Waals surface area contributed by atoms with E-state index in [1.54, 1.807) is 0 Å². The summed E-state index contributed by atoms with van der Waals surface area (Å²) >= 11 is 0. The average molecular weight is 227 g/mol. The second-order valence-electron chi connectivity index (χ2n) is 5.47. The van der Waals surface area contributed by atoms with Crippen LogP contribution >= 0.6 is 0 Å². The van der Waals surface area contributed by atoms with Gasteiger partial charge in [-0.2, -0.15) is 0 Å². The molecule has 0 spiro atoms. The molecule has 94 valence electrons. The second-order valence-corrected chi connectivity index (χ2v) is 5.47. The van der Waals surface area contributed by atoms with E-state index in [9.17, 15) is 4.79 Å². The van der Waals surface area contributed by atoms with Crippen LogP contribution in [0, 0.1) is 17.8 Å². The summed E-state index contributed by atoms with van der Waals surface area (Å²) in [6, 6.07) is 0.0185. The minimum Gasteiger partial charge on any atom is -0.468 e. The van der Waals surface area contributed by atoms with Crippen molar-refractivity contribution in [2.24, 2.45) is 17.8 Å². The highest BCUT2D eigenvalue weighted by Crippen LogP contribution is 2.27. The van der Waals surface area contributed by atoms with Crippen LogP contribution in [-0.2, 0) is 9.53 Å². The third-order valence-corrected chi connectivity index (χ3v) is 3.76. The fourth-order valence-electron chi connectivity index (χ4n) is 2.52. The van der Waals surface area contributed by atoms with E-state index in [1.165, 1.54) is 7.11 Å². The molecule has 1 unspecified atom stereocenters. The number of esters is 1. The maximum absolute atomic E-state index is 11.5. The molecule has 1 aliphatic heterocycles. The fraction of sp³-hybridized carbons (Fsp3) is 0.923. The average Bonchev–Trinajstić information content (AvgIpc) is 2.15. The van der Waals surface area contributed by atoms with E-state index < -0.39 is 0 Å². The topological polar surface area (TPSA) is 29.5 Å². The molecule has 1 rings (SSSR count). The molecule has 0 aromatic carbocycles. The molecule has 1 atom stereocenters. The first kappa shape index (κ1) is 13.5. The maximum Gasteiger partial charge on any atom is 0.323 e. The lowest BCUT2D eigenvalue weighted by molar-refractivity contribution is -0.152. The Morgan fingerprint density at radius 1 is 1.31 bits per heavy atom. The zero-order chi connectivity index (χ0) is 12.3. The molecule has 16 heavy (non-hydrogen) atoms. The van der Waals surface area contributed by atoms with Crippen molar-refractivity contribution in [2.45, 2.75) is 40.2 Å². The van der Waals surface area contributed by atoms with Crippen molar-refractivity contribution in [3.63, 3.8) is 0 Å². The molecular weight excluding hydrogens is 202 g/mol. The maximum atomic E-state index is 11.5. The molecular formula is C13H25NO2. The molecule has 0 bridgehead atoms. The number of rotatable bonds is 5. The van der Waals surface area contributed by atoms with E-state index in [4.69, 9.17) is 4.74 Å².